The maximum absolute atomic E-state index is 13.0. The Labute approximate surface area is 118 Å². The highest BCUT2D eigenvalue weighted by molar-refractivity contribution is 5.85. The predicted octanol–water partition coefficient (Wildman–Crippen LogP) is 1.25. The molecule has 1 saturated heterocycles. The monoisotopic (exact) mass is 280 g/mol. The standard InChI is InChI=1S/C15H21FN2O2/c1-20-15(6-9-17-10-7-15)14(19)18-8-5-12-3-2-4-13(16)11-12/h2-4,11,17H,5-10H2,1H3,(H,18,19). The lowest BCUT2D eigenvalue weighted by Gasteiger charge is -2.34. The number of nitrogens with one attached hydrogen (secondary N) is 2. The Kier molecular flexibility index (Phi) is 5.09. The Morgan fingerprint density at radius 1 is 1.45 bits per heavy atom. The van der Waals surface area contributed by atoms with Crippen LogP contribution < -0.4 is 10.6 Å². The number of amides is 1. The molecule has 0 bridgehead atoms. The van der Waals surface area contributed by atoms with Crippen LogP contribution in [-0.2, 0) is 16.0 Å². The zero-order valence-corrected chi connectivity index (χ0v) is 11.7. The van der Waals surface area contributed by atoms with E-state index >= 15 is 0 Å². The second-order valence-electron chi connectivity index (χ2n) is 5.08. The van der Waals surface area contributed by atoms with E-state index < -0.39 is 5.60 Å². The lowest BCUT2D eigenvalue weighted by atomic mass is 9.91. The molecule has 0 atom stereocenters. The van der Waals surface area contributed by atoms with Gasteiger partial charge in [-0.2, -0.15) is 0 Å². The van der Waals surface area contributed by atoms with Crippen LogP contribution in [0.2, 0.25) is 0 Å². The van der Waals surface area contributed by atoms with E-state index in [0.717, 1.165) is 18.7 Å². The summed E-state index contributed by atoms with van der Waals surface area (Å²) in [5.41, 5.74) is 0.162. The van der Waals surface area contributed by atoms with Gasteiger partial charge in [-0.1, -0.05) is 12.1 Å². The minimum Gasteiger partial charge on any atom is -0.368 e. The van der Waals surface area contributed by atoms with Gasteiger partial charge in [0.15, 0.2) is 0 Å². The van der Waals surface area contributed by atoms with Crippen molar-refractivity contribution < 1.29 is 13.9 Å². The van der Waals surface area contributed by atoms with E-state index in [1.165, 1.54) is 12.1 Å². The largest absolute Gasteiger partial charge is 0.368 e. The van der Waals surface area contributed by atoms with Gasteiger partial charge in [-0.15, -0.1) is 0 Å². The molecule has 0 radical (unpaired) electrons. The molecule has 0 unspecified atom stereocenters. The number of benzene rings is 1. The van der Waals surface area contributed by atoms with Crippen molar-refractivity contribution in [2.24, 2.45) is 0 Å². The molecule has 1 amide bonds. The molecular formula is C15H21FN2O2. The van der Waals surface area contributed by atoms with Crippen molar-refractivity contribution in [2.45, 2.75) is 24.9 Å². The number of piperidine rings is 1. The summed E-state index contributed by atoms with van der Waals surface area (Å²) in [6.45, 7) is 2.05. The minimum absolute atomic E-state index is 0.0714. The Hall–Kier alpha value is -1.46. The molecule has 5 heteroatoms. The molecule has 4 nitrogen and oxygen atoms in total. The zero-order chi connectivity index (χ0) is 14.4. The van der Waals surface area contributed by atoms with Crippen LogP contribution >= 0.6 is 0 Å². The van der Waals surface area contributed by atoms with Gasteiger partial charge in [0.25, 0.3) is 5.91 Å². The summed E-state index contributed by atoms with van der Waals surface area (Å²) >= 11 is 0. The third-order valence-electron chi connectivity index (χ3n) is 3.80. The first kappa shape index (κ1) is 14.9. The summed E-state index contributed by atoms with van der Waals surface area (Å²) in [5.74, 6) is -0.321. The molecule has 0 saturated carbocycles. The van der Waals surface area contributed by atoms with Crippen LogP contribution in [0.15, 0.2) is 24.3 Å². The smallest absolute Gasteiger partial charge is 0.252 e. The van der Waals surface area contributed by atoms with Crippen molar-refractivity contribution >= 4 is 5.91 Å². The van der Waals surface area contributed by atoms with Crippen molar-refractivity contribution in [1.82, 2.24) is 10.6 Å². The highest BCUT2D eigenvalue weighted by Crippen LogP contribution is 2.22. The van der Waals surface area contributed by atoms with Crippen molar-refractivity contribution in [3.8, 4) is 0 Å². The molecule has 2 rings (SSSR count). The molecule has 110 valence electrons. The molecule has 1 fully saturated rings. The summed E-state index contributed by atoms with van der Waals surface area (Å²) in [6, 6.07) is 6.43. The molecule has 0 aromatic heterocycles. The van der Waals surface area contributed by atoms with Crippen LogP contribution in [-0.4, -0.2) is 38.3 Å². The lowest BCUT2D eigenvalue weighted by molar-refractivity contribution is -0.146. The fraction of sp³-hybridized carbons (Fsp3) is 0.533. The summed E-state index contributed by atoms with van der Waals surface area (Å²) < 4.78 is 18.5. The van der Waals surface area contributed by atoms with Crippen molar-refractivity contribution in [2.75, 3.05) is 26.7 Å². The number of carbonyl (C=O) groups excluding carboxylic acids is 1. The van der Waals surface area contributed by atoms with Gasteiger partial charge < -0.3 is 15.4 Å². The van der Waals surface area contributed by atoms with E-state index in [1.54, 1.807) is 13.2 Å². The van der Waals surface area contributed by atoms with Gasteiger partial charge in [-0.05, 0) is 50.0 Å². The average Bonchev–Trinajstić information content (AvgIpc) is 2.48. The van der Waals surface area contributed by atoms with Crippen LogP contribution in [0.5, 0.6) is 0 Å². The van der Waals surface area contributed by atoms with Crippen LogP contribution in [0.4, 0.5) is 4.39 Å². The average molecular weight is 280 g/mol. The zero-order valence-electron chi connectivity index (χ0n) is 11.7. The second kappa shape index (κ2) is 6.81. The SMILES string of the molecule is COC1(C(=O)NCCc2cccc(F)c2)CCNCC1. The third-order valence-corrected chi connectivity index (χ3v) is 3.80. The third kappa shape index (κ3) is 3.55. The lowest BCUT2D eigenvalue weighted by Crippen LogP contribution is -2.54. The van der Waals surface area contributed by atoms with Gasteiger partial charge >= 0.3 is 0 Å². The number of hydrogen-bond acceptors (Lipinski definition) is 3. The van der Waals surface area contributed by atoms with Gasteiger partial charge in [-0.3, -0.25) is 4.79 Å². The topological polar surface area (TPSA) is 50.4 Å². The van der Waals surface area contributed by atoms with Gasteiger partial charge in [-0.25, -0.2) is 4.39 Å². The molecule has 1 aromatic carbocycles. The van der Waals surface area contributed by atoms with Crippen molar-refractivity contribution in [3.05, 3.63) is 35.6 Å². The molecule has 0 aliphatic carbocycles. The summed E-state index contributed by atoms with van der Waals surface area (Å²) in [4.78, 5) is 12.3. The summed E-state index contributed by atoms with van der Waals surface area (Å²) in [6.07, 6.45) is 1.96. The predicted molar refractivity (Wildman–Crippen MR) is 75.0 cm³/mol. The van der Waals surface area contributed by atoms with Crippen molar-refractivity contribution in [3.63, 3.8) is 0 Å². The maximum atomic E-state index is 13.0. The Morgan fingerprint density at radius 3 is 2.85 bits per heavy atom. The number of carbonyl (C=O) groups is 1. The second-order valence-corrected chi connectivity index (χ2v) is 5.08. The first-order chi connectivity index (χ1) is 9.66. The van der Waals surface area contributed by atoms with E-state index in [1.807, 2.05) is 6.07 Å². The van der Waals surface area contributed by atoms with Gasteiger partial charge in [0.2, 0.25) is 0 Å². The van der Waals surface area contributed by atoms with E-state index in [4.69, 9.17) is 4.74 Å². The molecule has 1 aliphatic heterocycles. The molecule has 0 spiro atoms. The first-order valence-corrected chi connectivity index (χ1v) is 6.95. The summed E-state index contributed by atoms with van der Waals surface area (Å²) in [7, 11) is 1.58. The van der Waals surface area contributed by atoms with E-state index in [9.17, 15) is 9.18 Å². The Morgan fingerprint density at radius 2 is 2.20 bits per heavy atom. The van der Waals surface area contributed by atoms with Gasteiger partial charge in [0.05, 0.1) is 0 Å². The minimum atomic E-state index is -0.715. The first-order valence-electron chi connectivity index (χ1n) is 6.95. The van der Waals surface area contributed by atoms with Crippen molar-refractivity contribution in [1.29, 1.82) is 0 Å². The summed E-state index contributed by atoms with van der Waals surface area (Å²) in [5, 5.41) is 6.11. The number of hydrogen-bond donors (Lipinski definition) is 2. The molecule has 2 N–H and O–H groups in total. The molecule has 1 aromatic rings. The van der Waals surface area contributed by atoms with E-state index in [2.05, 4.69) is 10.6 Å². The highest BCUT2D eigenvalue weighted by Gasteiger charge is 2.39. The van der Waals surface area contributed by atoms with Crippen LogP contribution in [0.25, 0.3) is 0 Å². The number of rotatable bonds is 5. The normalized spacial score (nSPS) is 17.7. The molecule has 1 heterocycles. The van der Waals surface area contributed by atoms with Gasteiger partial charge in [0, 0.05) is 13.7 Å². The highest BCUT2D eigenvalue weighted by atomic mass is 19.1. The molecular weight excluding hydrogens is 259 g/mol. The molecule has 20 heavy (non-hydrogen) atoms. The van der Waals surface area contributed by atoms with Crippen LogP contribution in [0.1, 0.15) is 18.4 Å². The van der Waals surface area contributed by atoms with E-state index in [0.29, 0.717) is 25.8 Å². The number of methoxy groups -OCH3 is 1. The Bertz CT molecular complexity index is 459. The fourth-order valence-corrected chi connectivity index (χ4v) is 2.53. The quantitative estimate of drug-likeness (QED) is 0.853. The van der Waals surface area contributed by atoms with Crippen LogP contribution in [0, 0.1) is 5.82 Å². The van der Waals surface area contributed by atoms with E-state index in [-0.39, 0.29) is 11.7 Å². The van der Waals surface area contributed by atoms with Gasteiger partial charge in [0.1, 0.15) is 11.4 Å². The fourth-order valence-electron chi connectivity index (χ4n) is 2.53. The van der Waals surface area contributed by atoms with Crippen LogP contribution in [0.3, 0.4) is 0 Å². The maximum Gasteiger partial charge on any atom is 0.252 e. The number of ether oxygens (including phenoxy) is 1. The Balaban J connectivity index is 1.85. The molecule has 1 aliphatic rings. The number of halogens is 1.